The van der Waals surface area contributed by atoms with E-state index in [4.69, 9.17) is 5.73 Å². The fourth-order valence-electron chi connectivity index (χ4n) is 1.99. The van der Waals surface area contributed by atoms with E-state index in [1.165, 1.54) is 24.3 Å². The molecule has 0 radical (unpaired) electrons. The van der Waals surface area contributed by atoms with Crippen LogP contribution in [-0.2, 0) is 0 Å². The van der Waals surface area contributed by atoms with Gasteiger partial charge in [0.2, 0.25) is 5.95 Å². The Hall–Kier alpha value is -1.95. The molecule has 3 nitrogen and oxygen atoms in total. The third-order valence-corrected chi connectivity index (χ3v) is 3.43. The summed E-state index contributed by atoms with van der Waals surface area (Å²) in [5, 5.41) is 0. The first-order valence-corrected chi connectivity index (χ1v) is 6.24. The van der Waals surface area contributed by atoms with Crippen LogP contribution in [0.15, 0.2) is 40.9 Å². The van der Waals surface area contributed by atoms with Crippen LogP contribution in [0, 0.1) is 11.6 Å². The van der Waals surface area contributed by atoms with Gasteiger partial charge in [-0.1, -0.05) is 0 Å². The van der Waals surface area contributed by atoms with E-state index in [0.717, 1.165) is 0 Å². The van der Waals surface area contributed by atoms with Gasteiger partial charge in [0, 0.05) is 10.5 Å². The summed E-state index contributed by atoms with van der Waals surface area (Å²) in [6, 6.07) is 8.47. The zero-order valence-electron chi connectivity index (χ0n) is 9.57. The molecule has 3 aromatic rings. The number of imidazole rings is 1. The predicted octanol–water partition coefficient (Wildman–Crippen LogP) is 3.65. The molecule has 0 fully saturated rings. The fraction of sp³-hybridized carbons (Fsp3) is 0. The maximum atomic E-state index is 13.2. The number of fused-ring (bicyclic) bond motifs is 1. The molecule has 0 aliphatic rings. The highest BCUT2D eigenvalue weighted by atomic mass is 79.9. The minimum atomic E-state index is -0.379. The predicted molar refractivity (Wildman–Crippen MR) is 73.1 cm³/mol. The Morgan fingerprint density at radius 1 is 1.05 bits per heavy atom. The number of benzene rings is 2. The van der Waals surface area contributed by atoms with E-state index in [1.54, 1.807) is 16.7 Å². The van der Waals surface area contributed by atoms with Crippen LogP contribution in [0.4, 0.5) is 14.7 Å². The van der Waals surface area contributed by atoms with Crippen molar-refractivity contribution < 1.29 is 8.78 Å². The van der Waals surface area contributed by atoms with Gasteiger partial charge in [-0.3, -0.25) is 4.57 Å². The van der Waals surface area contributed by atoms with Gasteiger partial charge in [-0.05, 0) is 46.3 Å². The van der Waals surface area contributed by atoms with Gasteiger partial charge in [0.25, 0.3) is 0 Å². The summed E-state index contributed by atoms with van der Waals surface area (Å²) in [5.74, 6) is -0.520. The normalized spacial score (nSPS) is 11.1. The molecular formula is C13H8BrF2N3. The third-order valence-electron chi connectivity index (χ3n) is 2.79. The van der Waals surface area contributed by atoms with Crippen molar-refractivity contribution in [2.24, 2.45) is 0 Å². The lowest BCUT2D eigenvalue weighted by Crippen LogP contribution is -2.01. The van der Waals surface area contributed by atoms with E-state index in [9.17, 15) is 8.78 Å². The zero-order chi connectivity index (χ0) is 13.6. The minimum absolute atomic E-state index is 0.216. The van der Waals surface area contributed by atoms with Crippen molar-refractivity contribution in [3.63, 3.8) is 0 Å². The summed E-state index contributed by atoms with van der Waals surface area (Å²) in [6.45, 7) is 0. The van der Waals surface area contributed by atoms with Crippen LogP contribution in [0.2, 0.25) is 0 Å². The molecule has 0 unspecified atom stereocenters. The van der Waals surface area contributed by atoms with Gasteiger partial charge >= 0.3 is 0 Å². The SMILES string of the molecule is Nc1nc2cc(F)ccc2n1-c1ccc(F)cc1Br. The summed E-state index contributed by atoms with van der Waals surface area (Å²) >= 11 is 3.28. The molecule has 2 aromatic carbocycles. The molecule has 0 atom stereocenters. The Labute approximate surface area is 115 Å². The molecule has 1 aromatic heterocycles. The fourth-order valence-corrected chi connectivity index (χ4v) is 2.52. The Bertz CT molecular complexity index is 783. The maximum Gasteiger partial charge on any atom is 0.205 e. The highest BCUT2D eigenvalue weighted by molar-refractivity contribution is 9.10. The summed E-state index contributed by atoms with van der Waals surface area (Å²) < 4.78 is 28.5. The number of nitrogens with two attached hydrogens (primary N) is 1. The van der Waals surface area contributed by atoms with E-state index in [0.29, 0.717) is 21.2 Å². The van der Waals surface area contributed by atoms with Crippen molar-refractivity contribution >= 4 is 32.9 Å². The van der Waals surface area contributed by atoms with Gasteiger partial charge in [-0.2, -0.15) is 0 Å². The van der Waals surface area contributed by atoms with E-state index < -0.39 is 0 Å². The first-order valence-electron chi connectivity index (χ1n) is 5.45. The van der Waals surface area contributed by atoms with Crippen LogP contribution >= 0.6 is 15.9 Å². The van der Waals surface area contributed by atoms with Crippen LogP contribution in [0.3, 0.4) is 0 Å². The largest absolute Gasteiger partial charge is 0.369 e. The van der Waals surface area contributed by atoms with Crippen molar-refractivity contribution in [1.29, 1.82) is 0 Å². The van der Waals surface area contributed by atoms with Gasteiger partial charge < -0.3 is 5.73 Å². The smallest absolute Gasteiger partial charge is 0.205 e. The monoisotopic (exact) mass is 323 g/mol. The van der Waals surface area contributed by atoms with Gasteiger partial charge in [0.05, 0.1) is 16.7 Å². The number of anilines is 1. The molecule has 0 aliphatic carbocycles. The van der Waals surface area contributed by atoms with Crippen molar-refractivity contribution in [1.82, 2.24) is 9.55 Å². The molecule has 3 rings (SSSR count). The summed E-state index contributed by atoms with van der Waals surface area (Å²) in [6.07, 6.45) is 0. The molecule has 6 heteroatoms. The van der Waals surface area contributed by atoms with Crippen molar-refractivity contribution in [3.05, 3.63) is 52.5 Å². The highest BCUT2D eigenvalue weighted by Crippen LogP contribution is 2.29. The van der Waals surface area contributed by atoms with Crippen LogP contribution in [0.25, 0.3) is 16.7 Å². The zero-order valence-corrected chi connectivity index (χ0v) is 11.2. The lowest BCUT2D eigenvalue weighted by atomic mass is 10.2. The molecule has 2 N–H and O–H groups in total. The number of hydrogen-bond acceptors (Lipinski definition) is 2. The number of halogens is 3. The lowest BCUT2D eigenvalue weighted by Gasteiger charge is -2.08. The standard InChI is InChI=1S/C13H8BrF2N3/c14-9-5-7(15)1-3-11(9)19-12-4-2-8(16)6-10(12)18-13(19)17/h1-6H,(H2,17,18). The molecule has 96 valence electrons. The van der Waals surface area contributed by atoms with E-state index >= 15 is 0 Å². The van der Waals surface area contributed by atoms with Gasteiger partial charge in [0.15, 0.2) is 0 Å². The van der Waals surface area contributed by atoms with Gasteiger partial charge in [-0.25, -0.2) is 13.8 Å². The molecule has 0 bridgehead atoms. The number of hydrogen-bond donors (Lipinski definition) is 1. The quantitative estimate of drug-likeness (QED) is 0.742. The summed E-state index contributed by atoms with van der Waals surface area (Å²) in [4.78, 5) is 4.10. The molecule has 0 saturated carbocycles. The first-order chi connectivity index (χ1) is 9.06. The molecule has 0 aliphatic heterocycles. The number of nitrogens with zero attached hydrogens (tertiary/aromatic N) is 2. The lowest BCUT2D eigenvalue weighted by molar-refractivity contribution is 0.626. The number of rotatable bonds is 1. The summed E-state index contributed by atoms with van der Waals surface area (Å²) in [5.41, 5.74) is 7.61. The molecule has 1 heterocycles. The first kappa shape index (κ1) is 12.1. The molecular weight excluding hydrogens is 316 g/mol. The molecule has 19 heavy (non-hydrogen) atoms. The van der Waals surface area contributed by atoms with Crippen molar-refractivity contribution in [2.45, 2.75) is 0 Å². The van der Waals surface area contributed by atoms with E-state index in [2.05, 4.69) is 20.9 Å². The van der Waals surface area contributed by atoms with Crippen LogP contribution in [0.1, 0.15) is 0 Å². The second-order valence-electron chi connectivity index (χ2n) is 4.03. The van der Waals surface area contributed by atoms with Crippen LogP contribution < -0.4 is 5.73 Å². The second-order valence-corrected chi connectivity index (χ2v) is 4.89. The average molecular weight is 324 g/mol. The van der Waals surface area contributed by atoms with Gasteiger partial charge in [-0.15, -0.1) is 0 Å². The minimum Gasteiger partial charge on any atom is -0.369 e. The van der Waals surface area contributed by atoms with Crippen LogP contribution in [0.5, 0.6) is 0 Å². The third kappa shape index (κ3) is 1.98. The van der Waals surface area contributed by atoms with Gasteiger partial charge in [0.1, 0.15) is 11.6 Å². The maximum absolute atomic E-state index is 13.2. The number of nitrogen functional groups attached to an aromatic ring is 1. The molecule has 0 saturated heterocycles. The van der Waals surface area contributed by atoms with E-state index in [-0.39, 0.29) is 17.6 Å². The van der Waals surface area contributed by atoms with Crippen LogP contribution in [-0.4, -0.2) is 9.55 Å². The topological polar surface area (TPSA) is 43.8 Å². The highest BCUT2D eigenvalue weighted by Gasteiger charge is 2.13. The number of aromatic nitrogens is 2. The second kappa shape index (κ2) is 4.31. The Balaban J connectivity index is 2.33. The molecule has 0 spiro atoms. The summed E-state index contributed by atoms with van der Waals surface area (Å²) in [7, 11) is 0. The van der Waals surface area contributed by atoms with Crippen molar-refractivity contribution in [2.75, 3.05) is 5.73 Å². The van der Waals surface area contributed by atoms with E-state index in [1.807, 2.05) is 0 Å². The average Bonchev–Trinajstić information content (AvgIpc) is 2.65. The Morgan fingerprint density at radius 3 is 2.47 bits per heavy atom. The Morgan fingerprint density at radius 2 is 1.74 bits per heavy atom. The Kier molecular flexibility index (Phi) is 2.74. The molecule has 0 amide bonds. The van der Waals surface area contributed by atoms with Crippen molar-refractivity contribution in [3.8, 4) is 5.69 Å².